The van der Waals surface area contributed by atoms with Gasteiger partial charge in [-0.3, -0.25) is 14.0 Å². The van der Waals surface area contributed by atoms with E-state index in [9.17, 15) is 18.3 Å². The van der Waals surface area contributed by atoms with Gasteiger partial charge in [-0.2, -0.15) is 13.7 Å². The van der Waals surface area contributed by atoms with Crippen molar-refractivity contribution in [3.63, 3.8) is 0 Å². The lowest BCUT2D eigenvalue weighted by Crippen LogP contribution is -2.46. The summed E-state index contributed by atoms with van der Waals surface area (Å²) in [6.07, 6.45) is 2.22. The van der Waals surface area contributed by atoms with Crippen LogP contribution in [0.3, 0.4) is 0 Å². The highest BCUT2D eigenvalue weighted by Gasteiger charge is 2.27. The second kappa shape index (κ2) is 13.5. The Balaban J connectivity index is 0.000000226. The molecule has 0 spiro atoms. The molecule has 1 aliphatic rings. The molecule has 1 aromatic heterocycles. The van der Waals surface area contributed by atoms with Crippen LogP contribution in [-0.2, 0) is 19.9 Å². The van der Waals surface area contributed by atoms with E-state index in [-0.39, 0.29) is 17.5 Å². The topological polar surface area (TPSA) is 133 Å². The number of nitriles is 1. The smallest absolute Gasteiger partial charge is 0.264 e. The van der Waals surface area contributed by atoms with Crippen LogP contribution >= 0.6 is 23.2 Å². The van der Waals surface area contributed by atoms with E-state index in [2.05, 4.69) is 25.5 Å². The highest BCUT2D eigenvalue weighted by molar-refractivity contribution is 7.85. The van der Waals surface area contributed by atoms with Crippen molar-refractivity contribution in [2.45, 2.75) is 25.5 Å². The number of aromatic nitrogens is 1. The third-order valence-corrected chi connectivity index (χ3v) is 7.26. The van der Waals surface area contributed by atoms with Crippen molar-refractivity contribution >= 4 is 44.8 Å². The van der Waals surface area contributed by atoms with Crippen molar-refractivity contribution in [3.8, 4) is 6.07 Å². The number of Topliss-reactive ketones (excluding diaryl/α,β-unsaturated/α-hetero) is 1. The van der Waals surface area contributed by atoms with Gasteiger partial charge in [-0.25, -0.2) is 0 Å². The number of benzene rings is 2. The Morgan fingerprint density at radius 1 is 1.23 bits per heavy atom. The second-order valence-electron chi connectivity index (χ2n) is 9.47. The Hall–Kier alpha value is -3.04. The van der Waals surface area contributed by atoms with Gasteiger partial charge in [-0.1, -0.05) is 35.3 Å². The van der Waals surface area contributed by atoms with Gasteiger partial charge < -0.3 is 15.3 Å². The zero-order valence-electron chi connectivity index (χ0n) is 22.3. The number of rotatable bonds is 7. The van der Waals surface area contributed by atoms with Gasteiger partial charge in [0.05, 0.1) is 40.3 Å². The number of hydrogen-bond donors (Lipinski definition) is 2. The minimum absolute atomic E-state index is 0.138. The molecule has 2 atom stereocenters. The fraction of sp³-hybridized carbons (Fsp3) is 0.321. The molecule has 0 aliphatic carbocycles. The zero-order valence-corrected chi connectivity index (χ0v) is 24.6. The molecule has 40 heavy (non-hydrogen) atoms. The van der Waals surface area contributed by atoms with Crippen molar-refractivity contribution in [3.05, 3.63) is 93.2 Å². The summed E-state index contributed by atoms with van der Waals surface area (Å²) in [5, 5.41) is 23.8. The van der Waals surface area contributed by atoms with Gasteiger partial charge in [0.15, 0.2) is 5.78 Å². The maximum Gasteiger partial charge on any atom is 0.264 e. The lowest BCUT2D eigenvalue weighted by atomic mass is 10.0. The lowest BCUT2D eigenvalue weighted by molar-refractivity contribution is 0.00630. The standard InChI is InChI=1S/C17H15Cl2N3.C11H15NO5S/c18-14-4-2-13(3-5-14)17-11-21-7-8-22(17)16-6-1-12(10-20)9-15(16)19;1-8(13)9-4-5-10(12-6-9)11(2,14)7-17-18(3,15)16/h1-6,9,17,21H,7-8,11H2;4-6,14H,7H2,1-3H3/t17-;11-/m01/s1. The summed E-state index contributed by atoms with van der Waals surface area (Å²) in [5.41, 5.74) is 1.83. The summed E-state index contributed by atoms with van der Waals surface area (Å²) in [4.78, 5) is 17.3. The van der Waals surface area contributed by atoms with Crippen molar-refractivity contribution in [2.24, 2.45) is 0 Å². The Kier molecular flexibility index (Phi) is 10.7. The molecule has 212 valence electrons. The molecule has 2 N–H and O–H groups in total. The SMILES string of the molecule is CC(=O)c1ccc([C@](C)(O)COS(C)(=O)=O)nc1.N#Cc1ccc(N2CCNC[C@H]2c2ccc(Cl)cc2)c(Cl)c1. The van der Waals surface area contributed by atoms with E-state index < -0.39 is 22.3 Å². The Morgan fingerprint density at radius 2 is 1.93 bits per heavy atom. The Bertz CT molecular complexity index is 1470. The number of halogens is 2. The molecule has 12 heteroatoms. The van der Waals surface area contributed by atoms with Gasteiger partial charge in [-0.15, -0.1) is 0 Å². The first kappa shape index (κ1) is 31.5. The molecule has 4 rings (SSSR count). The number of ketones is 1. The first-order valence-electron chi connectivity index (χ1n) is 12.3. The van der Waals surface area contributed by atoms with Crippen LogP contribution in [0.1, 0.15) is 47.1 Å². The molecule has 3 aromatic rings. The highest BCUT2D eigenvalue weighted by Crippen LogP contribution is 2.34. The van der Waals surface area contributed by atoms with Crippen molar-refractivity contribution in [2.75, 3.05) is 37.4 Å². The Labute approximate surface area is 244 Å². The van der Waals surface area contributed by atoms with E-state index >= 15 is 0 Å². The summed E-state index contributed by atoms with van der Waals surface area (Å²) < 4.78 is 26.3. The van der Waals surface area contributed by atoms with E-state index in [0.29, 0.717) is 16.1 Å². The molecule has 0 saturated carbocycles. The van der Waals surface area contributed by atoms with Crippen LogP contribution in [0.25, 0.3) is 0 Å². The third kappa shape index (κ3) is 8.73. The van der Waals surface area contributed by atoms with Gasteiger partial charge >= 0.3 is 0 Å². The van der Waals surface area contributed by atoms with E-state index in [1.165, 1.54) is 37.7 Å². The van der Waals surface area contributed by atoms with Gasteiger partial charge in [0, 0.05) is 36.4 Å². The zero-order chi connectivity index (χ0) is 29.5. The van der Waals surface area contributed by atoms with Gasteiger partial charge in [0.25, 0.3) is 10.1 Å². The molecule has 0 bridgehead atoms. The van der Waals surface area contributed by atoms with Crippen molar-refractivity contribution in [1.82, 2.24) is 10.3 Å². The lowest BCUT2D eigenvalue weighted by Gasteiger charge is -2.38. The number of nitrogens with zero attached hydrogens (tertiary/aromatic N) is 3. The maximum atomic E-state index is 11.1. The maximum absolute atomic E-state index is 11.1. The predicted molar refractivity (Wildman–Crippen MR) is 155 cm³/mol. The number of aliphatic hydroxyl groups is 1. The fourth-order valence-corrected chi connectivity index (χ4v) is 4.86. The fourth-order valence-electron chi connectivity index (χ4n) is 4.00. The van der Waals surface area contributed by atoms with Crippen LogP contribution in [0.2, 0.25) is 10.0 Å². The molecule has 0 radical (unpaired) electrons. The van der Waals surface area contributed by atoms with E-state index in [4.69, 9.17) is 28.5 Å². The van der Waals surface area contributed by atoms with Crippen LogP contribution in [0.5, 0.6) is 0 Å². The highest BCUT2D eigenvalue weighted by atomic mass is 35.5. The minimum Gasteiger partial charge on any atom is -0.381 e. The molecule has 2 heterocycles. The van der Waals surface area contributed by atoms with Gasteiger partial charge in [0.1, 0.15) is 12.2 Å². The number of pyridine rings is 1. The number of nitrogens with one attached hydrogen (secondary N) is 1. The van der Waals surface area contributed by atoms with Crippen LogP contribution < -0.4 is 10.2 Å². The van der Waals surface area contributed by atoms with Gasteiger partial charge in [-0.05, 0) is 61.9 Å². The van der Waals surface area contributed by atoms with Crippen LogP contribution in [0.15, 0.2) is 60.8 Å². The minimum atomic E-state index is -3.63. The van der Waals surface area contributed by atoms with Crippen LogP contribution in [-0.4, -0.2) is 56.8 Å². The van der Waals surface area contributed by atoms with Crippen LogP contribution in [0.4, 0.5) is 5.69 Å². The number of carbonyl (C=O) groups is 1. The van der Waals surface area contributed by atoms with E-state index in [1.54, 1.807) is 6.07 Å². The molecule has 2 aromatic carbocycles. The van der Waals surface area contributed by atoms with Crippen molar-refractivity contribution in [1.29, 1.82) is 5.26 Å². The van der Waals surface area contributed by atoms with Crippen molar-refractivity contribution < 1.29 is 22.5 Å². The van der Waals surface area contributed by atoms with Crippen LogP contribution in [0, 0.1) is 11.3 Å². The molecule has 0 amide bonds. The summed E-state index contributed by atoms with van der Waals surface area (Å²) in [5.74, 6) is -0.138. The molecular weight excluding hydrogens is 575 g/mol. The average Bonchev–Trinajstić information content (AvgIpc) is 2.92. The first-order valence-corrected chi connectivity index (χ1v) is 14.8. The van der Waals surface area contributed by atoms with Gasteiger partial charge in [0.2, 0.25) is 0 Å². The molecule has 1 aliphatic heterocycles. The molecular formula is C28H30Cl2N4O5S. The number of anilines is 1. The average molecular weight is 606 g/mol. The summed E-state index contributed by atoms with van der Waals surface area (Å²) in [7, 11) is -3.63. The van der Waals surface area contributed by atoms with E-state index in [1.807, 2.05) is 36.4 Å². The molecule has 9 nitrogen and oxygen atoms in total. The molecule has 1 saturated heterocycles. The molecule has 0 unspecified atom stereocenters. The second-order valence-corrected chi connectivity index (χ2v) is 12.0. The normalized spacial score (nSPS) is 16.7. The molecule has 1 fully saturated rings. The van der Waals surface area contributed by atoms with E-state index in [0.717, 1.165) is 36.6 Å². The first-order chi connectivity index (χ1) is 18.8. The summed E-state index contributed by atoms with van der Waals surface area (Å²) >= 11 is 12.4. The summed E-state index contributed by atoms with van der Waals surface area (Å²) in [6, 6.07) is 18.6. The predicted octanol–water partition coefficient (Wildman–Crippen LogP) is 4.48. The largest absolute Gasteiger partial charge is 0.381 e. The summed E-state index contributed by atoms with van der Waals surface area (Å²) in [6.45, 7) is 4.96. The number of carbonyl (C=O) groups excluding carboxylic acids is 1. The monoisotopic (exact) mass is 604 g/mol. The Morgan fingerprint density at radius 3 is 2.48 bits per heavy atom. The number of hydrogen-bond acceptors (Lipinski definition) is 9. The third-order valence-electron chi connectivity index (χ3n) is 6.16. The quantitative estimate of drug-likeness (QED) is 0.295. The number of piperazine rings is 1.